The zero-order chi connectivity index (χ0) is 22.4. The highest BCUT2D eigenvalue weighted by Gasteiger charge is 2.69. The lowest BCUT2D eigenvalue weighted by molar-refractivity contribution is -0.306. The van der Waals surface area contributed by atoms with E-state index in [1.807, 2.05) is 0 Å². The molecule has 0 aromatic heterocycles. The van der Waals surface area contributed by atoms with Crippen molar-refractivity contribution in [2.75, 3.05) is 33.0 Å². The molecule has 12 atom stereocenters. The van der Waals surface area contributed by atoms with Crippen LogP contribution in [0.5, 0.6) is 0 Å². The highest BCUT2D eigenvalue weighted by Crippen LogP contribution is 2.55. The molecule has 0 bridgehead atoms. The fourth-order valence-corrected chi connectivity index (χ4v) is 5.09. The Morgan fingerprint density at radius 3 is 1.60 bits per heavy atom. The molecule has 30 heavy (non-hydrogen) atoms. The molecule has 0 amide bonds. The maximum atomic E-state index is 10.7. The van der Waals surface area contributed by atoms with Crippen molar-refractivity contribution < 1.29 is 60.2 Å². The van der Waals surface area contributed by atoms with Crippen LogP contribution in [0.3, 0.4) is 0 Å². The second-order valence-electron chi connectivity index (χ2n) is 8.60. The molecule has 3 aliphatic heterocycles. The molecule has 3 rings (SSSR count). The minimum atomic E-state index is -1.74. The molecule has 3 fully saturated rings. The van der Waals surface area contributed by atoms with Crippen LogP contribution in [0.1, 0.15) is 6.92 Å². The van der Waals surface area contributed by atoms with Crippen molar-refractivity contribution in [2.24, 2.45) is 10.8 Å². The molecular formula is C18H32O12. The van der Waals surface area contributed by atoms with Crippen molar-refractivity contribution in [3.8, 4) is 0 Å². The van der Waals surface area contributed by atoms with Crippen LogP contribution in [0.25, 0.3) is 0 Å². The molecular weight excluding hydrogens is 408 g/mol. The second-order valence-corrected chi connectivity index (χ2v) is 8.60. The molecule has 3 aliphatic rings. The van der Waals surface area contributed by atoms with Gasteiger partial charge in [-0.2, -0.15) is 0 Å². The van der Waals surface area contributed by atoms with E-state index in [9.17, 15) is 46.0 Å². The summed E-state index contributed by atoms with van der Waals surface area (Å²) in [5, 5.41) is 92.3. The second kappa shape index (κ2) is 8.81. The van der Waals surface area contributed by atoms with E-state index < -0.39 is 91.7 Å². The molecule has 0 aromatic rings. The van der Waals surface area contributed by atoms with Crippen LogP contribution in [0.4, 0.5) is 0 Å². The molecule has 0 aliphatic carbocycles. The first-order valence-corrected chi connectivity index (χ1v) is 9.91. The Kier molecular flexibility index (Phi) is 7.10. The Hall–Kier alpha value is -0.480. The van der Waals surface area contributed by atoms with Gasteiger partial charge in [0.25, 0.3) is 0 Å². The molecule has 176 valence electrons. The van der Waals surface area contributed by atoms with Crippen LogP contribution >= 0.6 is 0 Å². The zero-order valence-electron chi connectivity index (χ0n) is 16.6. The van der Waals surface area contributed by atoms with Gasteiger partial charge in [-0.05, 0) is 6.92 Å². The maximum absolute atomic E-state index is 10.7. The molecule has 0 aromatic carbocycles. The highest BCUT2D eigenvalue weighted by atomic mass is 16.6. The van der Waals surface area contributed by atoms with Crippen molar-refractivity contribution in [1.29, 1.82) is 0 Å². The standard InChI is InChI=1S/C18H32O12/c1-7-9(22)11(24)13(26)15(29-7)17(3-20)5-28-6-18(17,4-21)16-14(27)12(25)10(23)8(2-19)30-16/h7-16,19-27H,2-6H2,1H3/t7-,8-,9+,10+,11+,12+,13-,14-,15?,16?,17?,18?/m1/s1. The summed E-state index contributed by atoms with van der Waals surface area (Å²) in [7, 11) is 0. The smallest absolute Gasteiger partial charge is 0.111 e. The quantitative estimate of drug-likeness (QED) is 0.196. The van der Waals surface area contributed by atoms with Gasteiger partial charge in [-0.25, -0.2) is 0 Å². The molecule has 0 radical (unpaired) electrons. The minimum Gasteiger partial charge on any atom is -0.396 e. The van der Waals surface area contributed by atoms with E-state index in [0.29, 0.717) is 0 Å². The summed E-state index contributed by atoms with van der Waals surface area (Å²) in [5.41, 5.74) is -3.30. The summed E-state index contributed by atoms with van der Waals surface area (Å²) in [6.07, 6.45) is -14.8. The Labute approximate surface area is 172 Å². The molecule has 12 nitrogen and oxygen atoms in total. The SMILES string of the molecule is C[C@H]1OC(C2(CO)COCC2(CO)C2O[C@H](CO)[C@H](O)[C@H](O)[C@H]2O)[C@H](O)[C@@H](O)[C@H]1O. The van der Waals surface area contributed by atoms with Crippen molar-refractivity contribution in [3.63, 3.8) is 0 Å². The lowest BCUT2D eigenvalue weighted by Crippen LogP contribution is -2.72. The fourth-order valence-electron chi connectivity index (χ4n) is 5.09. The molecule has 0 saturated carbocycles. The van der Waals surface area contributed by atoms with E-state index in [1.54, 1.807) is 0 Å². The van der Waals surface area contributed by atoms with Gasteiger partial charge in [0.15, 0.2) is 0 Å². The monoisotopic (exact) mass is 440 g/mol. The van der Waals surface area contributed by atoms with Crippen LogP contribution in [0, 0.1) is 10.8 Å². The third-order valence-electron chi connectivity index (χ3n) is 7.11. The van der Waals surface area contributed by atoms with Crippen LogP contribution in [-0.4, -0.2) is 140 Å². The Morgan fingerprint density at radius 1 is 0.667 bits per heavy atom. The van der Waals surface area contributed by atoms with E-state index in [2.05, 4.69) is 0 Å². The maximum Gasteiger partial charge on any atom is 0.111 e. The summed E-state index contributed by atoms with van der Waals surface area (Å²) in [5.74, 6) is 0. The van der Waals surface area contributed by atoms with E-state index >= 15 is 0 Å². The van der Waals surface area contributed by atoms with E-state index in [0.717, 1.165) is 0 Å². The minimum absolute atomic E-state index is 0.268. The Bertz CT molecular complexity index is 592. The summed E-state index contributed by atoms with van der Waals surface area (Å²) >= 11 is 0. The highest BCUT2D eigenvalue weighted by molar-refractivity contribution is 5.16. The molecule has 3 heterocycles. The van der Waals surface area contributed by atoms with Gasteiger partial charge >= 0.3 is 0 Å². The first-order chi connectivity index (χ1) is 14.1. The summed E-state index contributed by atoms with van der Waals surface area (Å²) in [4.78, 5) is 0. The number of rotatable bonds is 5. The third-order valence-corrected chi connectivity index (χ3v) is 7.11. The number of ether oxygens (including phenoxy) is 3. The van der Waals surface area contributed by atoms with Gasteiger partial charge in [0.05, 0.1) is 62.2 Å². The fraction of sp³-hybridized carbons (Fsp3) is 1.00. The molecule has 9 N–H and O–H groups in total. The first kappa shape index (κ1) is 24.2. The normalized spacial score (nSPS) is 55.0. The molecule has 3 saturated heterocycles. The van der Waals surface area contributed by atoms with Crippen molar-refractivity contribution in [1.82, 2.24) is 0 Å². The molecule has 12 heteroatoms. The summed E-state index contributed by atoms with van der Waals surface area (Å²) in [6, 6.07) is 0. The van der Waals surface area contributed by atoms with Gasteiger partial charge in [0.1, 0.15) is 42.7 Å². The van der Waals surface area contributed by atoms with Crippen molar-refractivity contribution in [3.05, 3.63) is 0 Å². The topological polar surface area (TPSA) is 210 Å². The van der Waals surface area contributed by atoms with Crippen LogP contribution in [-0.2, 0) is 14.2 Å². The lowest BCUT2D eigenvalue weighted by atomic mass is 9.56. The van der Waals surface area contributed by atoms with Gasteiger partial charge < -0.3 is 60.2 Å². The van der Waals surface area contributed by atoms with Gasteiger partial charge in [-0.3, -0.25) is 0 Å². The predicted molar refractivity (Wildman–Crippen MR) is 96.0 cm³/mol. The van der Waals surface area contributed by atoms with E-state index in [1.165, 1.54) is 6.92 Å². The number of hydrogen-bond donors (Lipinski definition) is 9. The summed E-state index contributed by atoms with van der Waals surface area (Å²) < 4.78 is 16.9. The average Bonchev–Trinajstić information content (AvgIpc) is 3.13. The van der Waals surface area contributed by atoms with Crippen LogP contribution in [0.2, 0.25) is 0 Å². The zero-order valence-corrected chi connectivity index (χ0v) is 16.6. The van der Waals surface area contributed by atoms with E-state index in [4.69, 9.17) is 14.2 Å². The molecule has 0 spiro atoms. The van der Waals surface area contributed by atoms with Gasteiger partial charge in [-0.15, -0.1) is 0 Å². The van der Waals surface area contributed by atoms with E-state index in [-0.39, 0.29) is 13.2 Å². The molecule has 4 unspecified atom stereocenters. The largest absolute Gasteiger partial charge is 0.396 e. The number of aliphatic hydroxyl groups excluding tert-OH is 9. The van der Waals surface area contributed by atoms with Gasteiger partial charge in [0.2, 0.25) is 0 Å². The van der Waals surface area contributed by atoms with Gasteiger partial charge in [-0.1, -0.05) is 0 Å². The van der Waals surface area contributed by atoms with Crippen molar-refractivity contribution in [2.45, 2.75) is 68.0 Å². The van der Waals surface area contributed by atoms with Crippen molar-refractivity contribution >= 4 is 0 Å². The third kappa shape index (κ3) is 3.31. The van der Waals surface area contributed by atoms with Crippen LogP contribution in [0.15, 0.2) is 0 Å². The Morgan fingerprint density at radius 2 is 1.13 bits per heavy atom. The lowest BCUT2D eigenvalue weighted by Gasteiger charge is -2.56. The average molecular weight is 440 g/mol. The predicted octanol–water partition coefficient (Wildman–Crippen LogP) is -5.31. The first-order valence-electron chi connectivity index (χ1n) is 9.91. The Balaban J connectivity index is 2.06. The number of aliphatic hydroxyl groups is 9. The van der Waals surface area contributed by atoms with Crippen LogP contribution < -0.4 is 0 Å². The number of hydrogen-bond acceptors (Lipinski definition) is 12. The summed E-state index contributed by atoms with van der Waals surface area (Å²) in [6.45, 7) is -1.28. The van der Waals surface area contributed by atoms with Gasteiger partial charge in [0, 0.05) is 0 Å².